The van der Waals surface area contributed by atoms with Crippen LogP contribution in [0.3, 0.4) is 0 Å². The fourth-order valence-electron chi connectivity index (χ4n) is 3.69. The van der Waals surface area contributed by atoms with Gasteiger partial charge in [-0.25, -0.2) is 4.39 Å². The van der Waals surface area contributed by atoms with Gasteiger partial charge in [0.15, 0.2) is 17.4 Å². The van der Waals surface area contributed by atoms with Crippen molar-refractivity contribution in [2.75, 3.05) is 38.2 Å². The highest BCUT2D eigenvalue weighted by Crippen LogP contribution is 2.25. The summed E-state index contributed by atoms with van der Waals surface area (Å²) in [7, 11) is 1.46. The van der Waals surface area contributed by atoms with Crippen LogP contribution in [0, 0.1) is 17.1 Å². The largest absolute Gasteiger partial charge is 0.494 e. The van der Waals surface area contributed by atoms with Gasteiger partial charge in [-0.2, -0.15) is 10.4 Å². The Kier molecular flexibility index (Phi) is 6.42. The van der Waals surface area contributed by atoms with E-state index in [0.29, 0.717) is 17.9 Å². The zero-order chi connectivity index (χ0) is 20.1. The third kappa shape index (κ3) is 4.07. The Bertz CT molecular complexity index is 872. The summed E-state index contributed by atoms with van der Waals surface area (Å²) in [5.74, 6) is 0.612. The topological polar surface area (TPSA) is 65.3 Å². The van der Waals surface area contributed by atoms with E-state index in [9.17, 15) is 9.65 Å². The lowest BCUT2D eigenvalue weighted by molar-refractivity contribution is 0.248. The number of benzene rings is 1. The minimum Gasteiger partial charge on any atom is -0.494 e. The van der Waals surface area contributed by atoms with Gasteiger partial charge in [0, 0.05) is 32.7 Å². The van der Waals surface area contributed by atoms with Gasteiger partial charge < -0.3 is 9.64 Å². The highest BCUT2D eigenvalue weighted by Gasteiger charge is 2.23. The van der Waals surface area contributed by atoms with Crippen molar-refractivity contribution in [1.29, 1.82) is 5.26 Å². The monoisotopic (exact) mass is 383 g/mol. The molecule has 0 unspecified atom stereocenters. The second-order valence-electron chi connectivity index (χ2n) is 6.87. The van der Waals surface area contributed by atoms with Crippen molar-refractivity contribution in [3.63, 3.8) is 0 Å². The molecule has 0 spiro atoms. The molecule has 2 heterocycles. The quantitative estimate of drug-likeness (QED) is 0.764. The predicted molar refractivity (Wildman–Crippen MR) is 106 cm³/mol. The Labute approximate surface area is 165 Å². The van der Waals surface area contributed by atoms with Gasteiger partial charge in [0.1, 0.15) is 11.6 Å². The molecule has 2 aromatic rings. The molecule has 0 radical (unpaired) electrons. The summed E-state index contributed by atoms with van der Waals surface area (Å²) in [5, 5.41) is 18.4. The van der Waals surface area contributed by atoms with Crippen LogP contribution >= 0.6 is 0 Å². The average Bonchev–Trinajstić information content (AvgIpc) is 2.73. The normalized spacial score (nSPS) is 14.8. The molecule has 0 amide bonds. The van der Waals surface area contributed by atoms with Crippen LogP contribution in [0.15, 0.2) is 18.2 Å². The number of anilines is 1. The van der Waals surface area contributed by atoms with Gasteiger partial charge in [-0.15, -0.1) is 5.10 Å². The zero-order valence-electron chi connectivity index (χ0n) is 16.7. The van der Waals surface area contributed by atoms with E-state index in [-0.39, 0.29) is 11.6 Å². The molecule has 1 aromatic heterocycles. The second kappa shape index (κ2) is 8.98. The van der Waals surface area contributed by atoms with Crippen molar-refractivity contribution in [2.24, 2.45) is 0 Å². The van der Waals surface area contributed by atoms with E-state index < -0.39 is 0 Å². The van der Waals surface area contributed by atoms with Crippen molar-refractivity contribution in [3.8, 4) is 11.8 Å². The van der Waals surface area contributed by atoms with E-state index in [4.69, 9.17) is 4.74 Å². The number of nitrogens with zero attached hydrogens (tertiary/aromatic N) is 5. The highest BCUT2D eigenvalue weighted by atomic mass is 19.1. The molecule has 6 nitrogen and oxygen atoms in total. The third-order valence-corrected chi connectivity index (χ3v) is 5.23. The molecule has 0 N–H and O–H groups in total. The van der Waals surface area contributed by atoms with Crippen molar-refractivity contribution < 1.29 is 9.13 Å². The first kappa shape index (κ1) is 20.0. The molecule has 0 aliphatic carbocycles. The number of hydrogen-bond acceptors (Lipinski definition) is 6. The maximum absolute atomic E-state index is 13.9. The summed E-state index contributed by atoms with van der Waals surface area (Å²) in [6.07, 6.45) is 1.55. The van der Waals surface area contributed by atoms with E-state index in [0.717, 1.165) is 55.8 Å². The molecule has 148 valence electrons. The summed E-state index contributed by atoms with van der Waals surface area (Å²) in [5.41, 5.74) is 3.49. The van der Waals surface area contributed by atoms with Gasteiger partial charge in [-0.1, -0.05) is 19.9 Å². The average molecular weight is 383 g/mol. The van der Waals surface area contributed by atoms with E-state index in [1.807, 2.05) is 19.9 Å². The molecular formula is C21H26FN5O. The third-order valence-electron chi connectivity index (χ3n) is 5.23. The fraction of sp³-hybridized carbons (Fsp3) is 0.476. The molecule has 3 rings (SSSR count). The van der Waals surface area contributed by atoms with Gasteiger partial charge >= 0.3 is 0 Å². The SMILES string of the molecule is CCc1nnc(N2CCN(Cc3ccc(OC)c(F)c3)CC2)c(C#N)c1CC. The van der Waals surface area contributed by atoms with Gasteiger partial charge in [0.25, 0.3) is 0 Å². The van der Waals surface area contributed by atoms with Gasteiger partial charge in [0.2, 0.25) is 0 Å². The molecule has 1 aromatic carbocycles. The second-order valence-corrected chi connectivity index (χ2v) is 6.87. The van der Waals surface area contributed by atoms with Gasteiger partial charge in [-0.3, -0.25) is 4.90 Å². The van der Waals surface area contributed by atoms with Crippen LogP contribution in [0.4, 0.5) is 10.2 Å². The van der Waals surface area contributed by atoms with Crippen molar-refractivity contribution >= 4 is 5.82 Å². The number of ether oxygens (including phenoxy) is 1. The maximum atomic E-state index is 13.9. The molecule has 1 aliphatic heterocycles. The molecule has 7 heteroatoms. The molecule has 1 fully saturated rings. The van der Waals surface area contributed by atoms with E-state index >= 15 is 0 Å². The maximum Gasteiger partial charge on any atom is 0.169 e. The Morgan fingerprint density at radius 2 is 1.89 bits per heavy atom. The van der Waals surface area contributed by atoms with E-state index in [1.54, 1.807) is 6.07 Å². The van der Waals surface area contributed by atoms with Crippen LogP contribution in [0.2, 0.25) is 0 Å². The van der Waals surface area contributed by atoms with Crippen LogP contribution in [0.5, 0.6) is 5.75 Å². The summed E-state index contributed by atoms with van der Waals surface area (Å²) >= 11 is 0. The Morgan fingerprint density at radius 1 is 1.14 bits per heavy atom. The van der Waals surface area contributed by atoms with Crippen LogP contribution < -0.4 is 9.64 Å². The molecule has 0 atom stereocenters. The number of aromatic nitrogens is 2. The van der Waals surface area contributed by atoms with Gasteiger partial charge in [-0.05, 0) is 36.1 Å². The first-order valence-electron chi connectivity index (χ1n) is 9.69. The summed E-state index contributed by atoms with van der Waals surface area (Å²) in [6.45, 7) is 7.92. The zero-order valence-corrected chi connectivity index (χ0v) is 16.7. The summed E-state index contributed by atoms with van der Waals surface area (Å²) in [6, 6.07) is 7.43. The lowest BCUT2D eigenvalue weighted by Gasteiger charge is -2.35. The first-order chi connectivity index (χ1) is 13.6. The summed E-state index contributed by atoms with van der Waals surface area (Å²) in [4.78, 5) is 4.41. The minimum absolute atomic E-state index is 0.262. The van der Waals surface area contributed by atoms with Crippen LogP contribution in [0.1, 0.15) is 36.2 Å². The lowest BCUT2D eigenvalue weighted by Crippen LogP contribution is -2.46. The molecule has 1 saturated heterocycles. The van der Waals surface area contributed by atoms with Crippen LogP contribution in [-0.4, -0.2) is 48.4 Å². The number of nitriles is 1. The van der Waals surface area contributed by atoms with Crippen LogP contribution in [-0.2, 0) is 19.4 Å². The Balaban J connectivity index is 1.69. The molecular weight excluding hydrogens is 357 g/mol. The van der Waals surface area contributed by atoms with E-state index in [2.05, 4.69) is 26.1 Å². The first-order valence-corrected chi connectivity index (χ1v) is 9.69. The van der Waals surface area contributed by atoms with E-state index in [1.165, 1.54) is 13.2 Å². The Morgan fingerprint density at radius 3 is 2.46 bits per heavy atom. The number of rotatable bonds is 6. The van der Waals surface area contributed by atoms with Crippen molar-refractivity contribution in [3.05, 3.63) is 46.4 Å². The minimum atomic E-state index is -0.337. The molecule has 28 heavy (non-hydrogen) atoms. The number of aryl methyl sites for hydroxylation is 1. The number of halogens is 1. The van der Waals surface area contributed by atoms with Crippen molar-refractivity contribution in [1.82, 2.24) is 15.1 Å². The highest BCUT2D eigenvalue weighted by molar-refractivity contribution is 5.58. The number of piperazine rings is 1. The smallest absolute Gasteiger partial charge is 0.169 e. The molecule has 0 bridgehead atoms. The standard InChI is InChI=1S/C21H26FN5O/c1-4-16-17(13-23)21(25-24-19(16)5-2)27-10-8-26(9-11-27)14-15-6-7-20(28-3)18(22)12-15/h6-7,12H,4-5,8-11,14H2,1-3H3. The molecule has 1 aliphatic rings. The number of hydrogen-bond donors (Lipinski definition) is 0. The predicted octanol–water partition coefficient (Wildman–Crippen LogP) is 2.94. The summed E-state index contributed by atoms with van der Waals surface area (Å²) < 4.78 is 18.9. The molecule has 0 saturated carbocycles. The van der Waals surface area contributed by atoms with Gasteiger partial charge in [0.05, 0.1) is 12.8 Å². The Hall–Kier alpha value is -2.72. The lowest BCUT2D eigenvalue weighted by atomic mass is 10.0. The van der Waals surface area contributed by atoms with Crippen molar-refractivity contribution in [2.45, 2.75) is 33.2 Å². The fourth-order valence-corrected chi connectivity index (χ4v) is 3.69. The van der Waals surface area contributed by atoms with Crippen LogP contribution in [0.25, 0.3) is 0 Å². The number of methoxy groups -OCH3 is 1.